The number of carbonyl (C=O) groups is 2. The highest BCUT2D eigenvalue weighted by Gasteiger charge is 2.32. The summed E-state index contributed by atoms with van der Waals surface area (Å²) in [5.41, 5.74) is 0.770. The Kier molecular flexibility index (Phi) is 8.71. The number of likely N-dealkylation sites (N-methyl/N-ethyl adjacent to an activating group) is 1. The van der Waals surface area contributed by atoms with Crippen molar-refractivity contribution >= 4 is 11.8 Å². The van der Waals surface area contributed by atoms with E-state index in [9.17, 15) is 9.59 Å². The summed E-state index contributed by atoms with van der Waals surface area (Å²) in [7, 11) is 1.67. The van der Waals surface area contributed by atoms with E-state index >= 15 is 0 Å². The lowest BCUT2D eigenvalue weighted by Gasteiger charge is -2.36. The zero-order valence-electron chi connectivity index (χ0n) is 19.5. The van der Waals surface area contributed by atoms with Gasteiger partial charge in [0.2, 0.25) is 11.8 Å². The van der Waals surface area contributed by atoms with E-state index in [1.54, 1.807) is 7.11 Å². The number of ether oxygens (including phenoxy) is 1. The van der Waals surface area contributed by atoms with Gasteiger partial charge in [0.1, 0.15) is 5.75 Å². The van der Waals surface area contributed by atoms with Crippen molar-refractivity contribution < 1.29 is 14.3 Å². The summed E-state index contributed by atoms with van der Waals surface area (Å²) in [6.45, 7) is 13.8. The smallest absolute Gasteiger partial charge is 0.227 e. The maximum absolute atomic E-state index is 12.9. The highest BCUT2D eigenvalue weighted by atomic mass is 16.5. The van der Waals surface area contributed by atoms with Gasteiger partial charge in [-0.15, -0.1) is 0 Å². The fourth-order valence-electron chi connectivity index (χ4n) is 4.13. The summed E-state index contributed by atoms with van der Waals surface area (Å²) in [5.74, 6) is 1.06. The first-order valence-corrected chi connectivity index (χ1v) is 11.2. The van der Waals surface area contributed by atoms with Gasteiger partial charge >= 0.3 is 0 Å². The van der Waals surface area contributed by atoms with Crippen LogP contribution in [0.15, 0.2) is 24.3 Å². The van der Waals surface area contributed by atoms with E-state index in [4.69, 9.17) is 4.74 Å². The molecule has 1 N–H and O–H groups in total. The Bertz CT molecular complexity index is 702. The molecule has 1 aromatic carbocycles. The molecule has 1 aliphatic rings. The molecule has 1 aliphatic heterocycles. The van der Waals surface area contributed by atoms with Gasteiger partial charge in [-0.1, -0.05) is 46.8 Å². The van der Waals surface area contributed by atoms with E-state index in [0.717, 1.165) is 37.2 Å². The van der Waals surface area contributed by atoms with Crippen LogP contribution in [0.25, 0.3) is 0 Å². The van der Waals surface area contributed by atoms with E-state index in [-0.39, 0.29) is 29.2 Å². The van der Waals surface area contributed by atoms with Crippen molar-refractivity contribution in [1.29, 1.82) is 0 Å². The molecule has 168 valence electrons. The summed E-state index contributed by atoms with van der Waals surface area (Å²) >= 11 is 0. The van der Waals surface area contributed by atoms with Gasteiger partial charge in [0.15, 0.2) is 0 Å². The first kappa shape index (κ1) is 24.2. The van der Waals surface area contributed by atoms with Gasteiger partial charge in [-0.3, -0.25) is 14.5 Å². The number of carbonyl (C=O) groups excluding carboxylic acids is 2. The molecule has 2 amide bonds. The monoisotopic (exact) mass is 417 g/mol. The third-order valence-electron chi connectivity index (χ3n) is 6.00. The highest BCUT2D eigenvalue weighted by molar-refractivity contribution is 5.82. The summed E-state index contributed by atoms with van der Waals surface area (Å²) in [5, 5.41) is 3.19. The Morgan fingerprint density at radius 3 is 2.37 bits per heavy atom. The fourth-order valence-corrected chi connectivity index (χ4v) is 4.13. The average molecular weight is 418 g/mol. The predicted octanol–water partition coefficient (Wildman–Crippen LogP) is 3.48. The molecular weight excluding hydrogens is 378 g/mol. The normalized spacial score (nSPS) is 16.4. The van der Waals surface area contributed by atoms with E-state index < -0.39 is 0 Å². The van der Waals surface area contributed by atoms with Gasteiger partial charge in [-0.05, 0) is 43.6 Å². The third-order valence-corrected chi connectivity index (χ3v) is 6.00. The molecule has 30 heavy (non-hydrogen) atoms. The number of likely N-dealkylation sites (tertiary alicyclic amines) is 1. The molecule has 0 aromatic heterocycles. The molecule has 0 spiro atoms. The van der Waals surface area contributed by atoms with Gasteiger partial charge in [0.25, 0.3) is 0 Å². The maximum atomic E-state index is 12.9. The van der Waals surface area contributed by atoms with Crippen LogP contribution in [0.5, 0.6) is 5.75 Å². The Morgan fingerprint density at radius 1 is 1.20 bits per heavy atom. The number of benzene rings is 1. The largest absolute Gasteiger partial charge is 0.497 e. The Labute approximate surface area is 182 Å². The molecule has 0 bridgehead atoms. The Balaban J connectivity index is 1.98. The Hall–Kier alpha value is -2.08. The van der Waals surface area contributed by atoms with Gasteiger partial charge < -0.3 is 15.0 Å². The SMILES string of the molecule is CCN(CC)C(CNC(=O)C1CCN(C(=O)C(C)(C)C)CC1)c1cccc(OC)c1. The summed E-state index contributed by atoms with van der Waals surface area (Å²) in [4.78, 5) is 29.6. The van der Waals surface area contributed by atoms with Crippen molar-refractivity contribution in [3.63, 3.8) is 0 Å². The minimum absolute atomic E-state index is 0.0309. The molecule has 1 unspecified atom stereocenters. The van der Waals surface area contributed by atoms with Crippen LogP contribution in [0, 0.1) is 11.3 Å². The number of methoxy groups -OCH3 is 1. The van der Waals surface area contributed by atoms with Crippen molar-refractivity contribution in [1.82, 2.24) is 15.1 Å². The summed E-state index contributed by atoms with van der Waals surface area (Å²) in [6, 6.07) is 8.17. The molecule has 6 nitrogen and oxygen atoms in total. The quantitative estimate of drug-likeness (QED) is 0.703. The van der Waals surface area contributed by atoms with Crippen LogP contribution in [0.3, 0.4) is 0 Å². The second kappa shape index (κ2) is 10.8. The first-order chi connectivity index (χ1) is 14.2. The van der Waals surface area contributed by atoms with Gasteiger partial charge in [0, 0.05) is 31.0 Å². The van der Waals surface area contributed by atoms with Crippen molar-refractivity contribution in [2.24, 2.45) is 11.3 Å². The standard InChI is InChI=1S/C24H39N3O3/c1-7-26(8-2)21(19-10-9-11-20(16-19)30-6)17-25-22(28)18-12-14-27(15-13-18)23(29)24(3,4)5/h9-11,16,18,21H,7-8,12-15,17H2,1-6H3,(H,25,28). The predicted molar refractivity (Wildman–Crippen MR) is 120 cm³/mol. The molecule has 2 rings (SSSR count). The molecular formula is C24H39N3O3. The minimum atomic E-state index is -0.372. The van der Waals surface area contributed by atoms with E-state index in [1.807, 2.05) is 43.9 Å². The molecule has 1 fully saturated rings. The van der Waals surface area contributed by atoms with Crippen LogP contribution < -0.4 is 10.1 Å². The molecule has 0 radical (unpaired) electrons. The second-order valence-corrected chi connectivity index (χ2v) is 9.08. The van der Waals surface area contributed by atoms with Crippen LogP contribution in [0.1, 0.15) is 59.1 Å². The van der Waals surface area contributed by atoms with Crippen molar-refractivity contribution in [3.05, 3.63) is 29.8 Å². The topological polar surface area (TPSA) is 61.9 Å². The number of rotatable bonds is 8. The fraction of sp³-hybridized carbons (Fsp3) is 0.667. The average Bonchev–Trinajstić information content (AvgIpc) is 2.75. The van der Waals surface area contributed by atoms with Crippen molar-refractivity contribution in [2.75, 3.05) is 39.8 Å². The lowest BCUT2D eigenvalue weighted by atomic mass is 9.90. The number of nitrogens with one attached hydrogen (secondary N) is 1. The van der Waals surface area contributed by atoms with Crippen LogP contribution in [-0.2, 0) is 9.59 Å². The molecule has 1 heterocycles. The first-order valence-electron chi connectivity index (χ1n) is 11.2. The highest BCUT2D eigenvalue weighted by Crippen LogP contribution is 2.26. The van der Waals surface area contributed by atoms with Crippen molar-refractivity contribution in [3.8, 4) is 5.75 Å². The second-order valence-electron chi connectivity index (χ2n) is 9.08. The maximum Gasteiger partial charge on any atom is 0.227 e. The summed E-state index contributed by atoms with van der Waals surface area (Å²) in [6.07, 6.45) is 1.45. The van der Waals surface area contributed by atoms with E-state index in [1.165, 1.54) is 0 Å². The molecule has 1 aromatic rings. The van der Waals surface area contributed by atoms with Crippen molar-refractivity contribution in [2.45, 2.75) is 53.5 Å². The number of piperidine rings is 1. The lowest BCUT2D eigenvalue weighted by molar-refractivity contribution is -0.142. The van der Waals surface area contributed by atoms with Crippen LogP contribution >= 0.6 is 0 Å². The van der Waals surface area contributed by atoms with Gasteiger partial charge in [-0.2, -0.15) is 0 Å². The molecule has 1 saturated heterocycles. The summed E-state index contributed by atoms with van der Waals surface area (Å²) < 4.78 is 5.39. The Morgan fingerprint density at radius 2 is 1.83 bits per heavy atom. The lowest BCUT2D eigenvalue weighted by Crippen LogP contribution is -2.47. The van der Waals surface area contributed by atoms with Gasteiger partial charge in [-0.25, -0.2) is 0 Å². The van der Waals surface area contributed by atoms with E-state index in [0.29, 0.717) is 19.6 Å². The van der Waals surface area contributed by atoms with Crippen LogP contribution in [0.2, 0.25) is 0 Å². The molecule has 0 aliphatic carbocycles. The van der Waals surface area contributed by atoms with Crippen LogP contribution in [0.4, 0.5) is 0 Å². The number of nitrogens with zero attached hydrogens (tertiary/aromatic N) is 2. The molecule has 6 heteroatoms. The number of hydrogen-bond acceptors (Lipinski definition) is 4. The third kappa shape index (κ3) is 6.21. The molecule has 1 atom stereocenters. The number of amides is 2. The van der Waals surface area contributed by atoms with Gasteiger partial charge in [0.05, 0.1) is 13.2 Å². The molecule has 0 saturated carbocycles. The minimum Gasteiger partial charge on any atom is -0.497 e. The van der Waals surface area contributed by atoms with E-state index in [2.05, 4.69) is 30.1 Å². The number of hydrogen-bond donors (Lipinski definition) is 1. The zero-order chi connectivity index (χ0) is 22.3. The van der Waals surface area contributed by atoms with Crippen LogP contribution in [-0.4, -0.2) is 61.4 Å². The zero-order valence-corrected chi connectivity index (χ0v) is 19.5.